The average molecular weight is 500 g/mol. The maximum absolute atomic E-state index is 13.5. The minimum Gasteiger partial charge on any atom is -0.465 e. The minimum atomic E-state index is -4.09. The largest absolute Gasteiger partial charge is 0.513 e. The molecular formula is C20H23BrNO7P. The molecule has 0 spiro atoms. The number of hydrogen-bond acceptors (Lipinski definition) is 7. The number of esters is 2. The smallest absolute Gasteiger partial charge is 0.465 e. The van der Waals surface area contributed by atoms with E-state index in [9.17, 15) is 14.2 Å². The highest BCUT2D eigenvalue weighted by Crippen LogP contribution is 2.47. The Kier molecular flexibility index (Phi) is 8.46. The zero-order valence-electron chi connectivity index (χ0n) is 17.0. The van der Waals surface area contributed by atoms with E-state index in [-0.39, 0.29) is 23.2 Å². The third-order valence-corrected chi connectivity index (χ3v) is 5.81. The van der Waals surface area contributed by atoms with Crippen molar-refractivity contribution in [2.75, 3.05) is 7.11 Å². The predicted octanol–water partition coefficient (Wildman–Crippen LogP) is 4.73. The number of nitrogens with one attached hydrogen (secondary N) is 1. The van der Waals surface area contributed by atoms with Crippen molar-refractivity contribution in [3.05, 3.63) is 58.6 Å². The van der Waals surface area contributed by atoms with Crippen LogP contribution in [0.4, 0.5) is 0 Å². The van der Waals surface area contributed by atoms with Crippen LogP contribution in [0.2, 0.25) is 0 Å². The normalized spacial score (nSPS) is 13.8. The van der Waals surface area contributed by atoms with Crippen LogP contribution < -0.4 is 14.1 Å². The van der Waals surface area contributed by atoms with Gasteiger partial charge in [0.25, 0.3) is 0 Å². The van der Waals surface area contributed by atoms with Crippen molar-refractivity contribution in [3.63, 3.8) is 0 Å². The van der Waals surface area contributed by atoms with E-state index in [4.69, 9.17) is 13.8 Å². The Labute approximate surface area is 183 Å². The highest BCUT2D eigenvalue weighted by atomic mass is 79.9. The van der Waals surface area contributed by atoms with Crippen LogP contribution in [0.3, 0.4) is 0 Å². The van der Waals surface area contributed by atoms with Gasteiger partial charge < -0.3 is 18.5 Å². The molecule has 1 N–H and O–H groups in total. The molecule has 0 radical (unpaired) electrons. The molecule has 0 fully saturated rings. The van der Waals surface area contributed by atoms with Crippen molar-refractivity contribution in [2.45, 2.75) is 32.9 Å². The molecule has 0 bridgehead atoms. The van der Waals surface area contributed by atoms with Gasteiger partial charge in [0, 0.05) is 0 Å². The van der Waals surface area contributed by atoms with Crippen molar-refractivity contribution in [1.29, 1.82) is 0 Å². The lowest BCUT2D eigenvalue weighted by atomic mass is 10.2. The lowest BCUT2D eigenvalue weighted by Crippen LogP contribution is -2.36. The molecule has 162 valence electrons. The van der Waals surface area contributed by atoms with E-state index in [1.165, 1.54) is 32.2 Å². The van der Waals surface area contributed by atoms with Crippen LogP contribution in [-0.2, 0) is 18.8 Å². The molecule has 2 aromatic rings. The van der Waals surface area contributed by atoms with Gasteiger partial charge in [-0.25, -0.2) is 9.36 Å². The zero-order valence-corrected chi connectivity index (χ0v) is 19.4. The van der Waals surface area contributed by atoms with Crippen LogP contribution in [0.1, 0.15) is 31.1 Å². The van der Waals surface area contributed by atoms with Crippen LogP contribution in [-0.4, -0.2) is 31.2 Å². The summed E-state index contributed by atoms with van der Waals surface area (Å²) in [7, 11) is -2.82. The first-order valence-corrected chi connectivity index (χ1v) is 11.4. The summed E-state index contributed by atoms with van der Waals surface area (Å²) < 4.78 is 34.9. The minimum absolute atomic E-state index is 0.138. The van der Waals surface area contributed by atoms with Crippen molar-refractivity contribution in [1.82, 2.24) is 5.09 Å². The summed E-state index contributed by atoms with van der Waals surface area (Å²) in [6.45, 7) is 4.91. The molecular weight excluding hydrogens is 477 g/mol. The zero-order chi connectivity index (χ0) is 22.3. The molecule has 30 heavy (non-hydrogen) atoms. The quantitative estimate of drug-likeness (QED) is 0.390. The number of rotatable bonds is 9. The van der Waals surface area contributed by atoms with Gasteiger partial charge in [0.05, 0.1) is 23.2 Å². The van der Waals surface area contributed by atoms with E-state index in [2.05, 4.69) is 25.8 Å². The number of methoxy groups -OCH3 is 1. The standard InChI is InChI=1S/C20H23BrNO7P/c1-13(2)27-19(23)14(3)22-30(25,28-16-8-6-5-7-9-16)29-18-11-10-15(12-17(18)21)20(24)26-4/h5-14H,1-4H3,(H,22,25)/t14-,30?/m0/s1. The van der Waals surface area contributed by atoms with Gasteiger partial charge in [0.1, 0.15) is 17.5 Å². The first-order chi connectivity index (χ1) is 14.1. The van der Waals surface area contributed by atoms with Crippen LogP contribution in [0.25, 0.3) is 0 Å². The van der Waals surface area contributed by atoms with E-state index in [1.807, 2.05) is 0 Å². The Balaban J connectivity index is 2.30. The number of halogens is 1. The SMILES string of the molecule is COC(=O)c1ccc(OP(=O)(N[C@@H](C)C(=O)OC(C)C)Oc2ccccc2)c(Br)c1. The van der Waals surface area contributed by atoms with Gasteiger partial charge >= 0.3 is 19.7 Å². The predicted molar refractivity (Wildman–Crippen MR) is 115 cm³/mol. The topological polar surface area (TPSA) is 100 Å². The summed E-state index contributed by atoms with van der Waals surface area (Å²) in [6.07, 6.45) is -0.336. The second kappa shape index (κ2) is 10.6. The molecule has 0 saturated heterocycles. The number of hydrogen-bond donors (Lipinski definition) is 1. The highest BCUT2D eigenvalue weighted by Gasteiger charge is 2.34. The summed E-state index contributed by atoms with van der Waals surface area (Å²) >= 11 is 3.28. The number of ether oxygens (including phenoxy) is 2. The molecule has 2 aromatic carbocycles. The maximum Gasteiger partial charge on any atom is 0.513 e. The summed E-state index contributed by atoms with van der Waals surface area (Å²) in [5.74, 6) is -0.723. The molecule has 1 unspecified atom stereocenters. The molecule has 0 aromatic heterocycles. The van der Waals surface area contributed by atoms with E-state index in [0.717, 1.165) is 0 Å². The van der Waals surface area contributed by atoms with Crippen molar-refractivity contribution < 1.29 is 32.7 Å². The van der Waals surface area contributed by atoms with E-state index in [1.54, 1.807) is 44.2 Å². The number of benzene rings is 2. The fourth-order valence-electron chi connectivity index (χ4n) is 2.26. The van der Waals surface area contributed by atoms with Crippen LogP contribution in [0, 0.1) is 0 Å². The second-order valence-electron chi connectivity index (χ2n) is 6.47. The van der Waals surface area contributed by atoms with Gasteiger partial charge in [-0.05, 0) is 67.0 Å². The number of carbonyl (C=O) groups excluding carboxylic acids is 2. The van der Waals surface area contributed by atoms with Crippen molar-refractivity contribution >= 4 is 35.6 Å². The second-order valence-corrected chi connectivity index (χ2v) is 8.94. The third-order valence-electron chi connectivity index (χ3n) is 3.60. The first-order valence-electron chi connectivity index (χ1n) is 9.04. The number of para-hydroxylation sites is 1. The van der Waals surface area contributed by atoms with Gasteiger partial charge in [-0.2, -0.15) is 5.09 Å². The monoisotopic (exact) mass is 499 g/mol. The Morgan fingerprint density at radius 3 is 2.27 bits per heavy atom. The fraction of sp³-hybridized carbons (Fsp3) is 0.300. The summed E-state index contributed by atoms with van der Waals surface area (Å²) in [4.78, 5) is 23.9. The van der Waals surface area contributed by atoms with Gasteiger partial charge in [-0.1, -0.05) is 18.2 Å². The molecule has 0 aliphatic carbocycles. The van der Waals surface area contributed by atoms with E-state index < -0.39 is 25.7 Å². The van der Waals surface area contributed by atoms with Crippen LogP contribution >= 0.6 is 23.7 Å². The number of carbonyl (C=O) groups is 2. The molecule has 2 atom stereocenters. The first kappa shape index (κ1) is 23.9. The van der Waals surface area contributed by atoms with Crippen molar-refractivity contribution in [3.8, 4) is 11.5 Å². The molecule has 0 heterocycles. The Bertz CT molecular complexity index is 936. The fourth-order valence-corrected chi connectivity index (χ4v) is 4.39. The molecule has 0 saturated carbocycles. The molecule has 0 amide bonds. The molecule has 8 nitrogen and oxygen atoms in total. The van der Waals surface area contributed by atoms with Crippen molar-refractivity contribution in [2.24, 2.45) is 0 Å². The van der Waals surface area contributed by atoms with Crippen LogP contribution in [0.15, 0.2) is 53.0 Å². The van der Waals surface area contributed by atoms with Crippen LogP contribution in [0.5, 0.6) is 11.5 Å². The Hall–Kier alpha value is -2.35. The van der Waals surface area contributed by atoms with Gasteiger partial charge in [0.15, 0.2) is 0 Å². The lowest BCUT2D eigenvalue weighted by molar-refractivity contribution is -0.149. The lowest BCUT2D eigenvalue weighted by Gasteiger charge is -2.24. The molecule has 2 rings (SSSR count). The third kappa shape index (κ3) is 6.86. The molecule has 0 aliphatic rings. The van der Waals surface area contributed by atoms with E-state index in [0.29, 0.717) is 4.47 Å². The Morgan fingerprint density at radius 2 is 1.70 bits per heavy atom. The molecule has 10 heteroatoms. The maximum atomic E-state index is 13.5. The average Bonchev–Trinajstić information content (AvgIpc) is 2.69. The summed E-state index contributed by atoms with van der Waals surface area (Å²) in [6, 6.07) is 11.8. The van der Waals surface area contributed by atoms with E-state index >= 15 is 0 Å². The molecule has 0 aliphatic heterocycles. The summed E-state index contributed by atoms with van der Waals surface area (Å²) in [5, 5.41) is 2.60. The Morgan fingerprint density at radius 1 is 1.03 bits per heavy atom. The van der Waals surface area contributed by atoms with Gasteiger partial charge in [-0.15, -0.1) is 0 Å². The van der Waals surface area contributed by atoms with Gasteiger partial charge in [0.2, 0.25) is 0 Å². The summed E-state index contributed by atoms with van der Waals surface area (Å²) in [5.41, 5.74) is 0.275. The highest BCUT2D eigenvalue weighted by molar-refractivity contribution is 9.10. The van der Waals surface area contributed by atoms with Gasteiger partial charge in [-0.3, -0.25) is 4.79 Å².